The Morgan fingerprint density at radius 3 is 2.69 bits per heavy atom. The maximum Gasteiger partial charge on any atom is 0.263 e. The smallest absolute Gasteiger partial charge is 0.263 e. The van der Waals surface area contributed by atoms with Gasteiger partial charge in [-0.3, -0.25) is 10.0 Å². The molecule has 0 aliphatic carbocycles. The Morgan fingerprint density at radius 1 is 1.38 bits per heavy atom. The molecule has 29 heavy (non-hydrogen) atoms. The number of unbranched alkanes of at least 4 members (excludes halogenated alkanes) is 1. The fourth-order valence-electron chi connectivity index (χ4n) is 3.01. The predicted octanol–water partition coefficient (Wildman–Crippen LogP) is 1.20. The number of nitrogens with zero attached hydrogens (tertiary/aromatic N) is 1. The SMILES string of the molecule is CC1(C)SCCN(S(=O)(=O)c2ccc(OCC#CCCCN)cc2)[C@H]1C(=O)NO. The monoisotopic (exact) mass is 441 g/mol. The van der Waals surface area contributed by atoms with Crippen molar-refractivity contribution in [1.82, 2.24) is 9.79 Å². The Bertz CT molecular complexity index is 860. The van der Waals surface area contributed by atoms with E-state index in [2.05, 4.69) is 11.8 Å². The van der Waals surface area contributed by atoms with Crippen LogP contribution in [0.5, 0.6) is 5.75 Å². The van der Waals surface area contributed by atoms with E-state index in [0.29, 0.717) is 24.5 Å². The number of benzene rings is 1. The van der Waals surface area contributed by atoms with Gasteiger partial charge in [-0.25, -0.2) is 13.9 Å². The normalized spacial score (nSPS) is 19.1. The van der Waals surface area contributed by atoms with Gasteiger partial charge in [-0.1, -0.05) is 11.8 Å². The van der Waals surface area contributed by atoms with Gasteiger partial charge in [0.2, 0.25) is 10.0 Å². The third kappa shape index (κ3) is 5.87. The lowest BCUT2D eigenvalue weighted by atomic mass is 10.0. The van der Waals surface area contributed by atoms with Crippen molar-refractivity contribution in [2.75, 3.05) is 25.4 Å². The topological polar surface area (TPSA) is 122 Å². The minimum absolute atomic E-state index is 0.0531. The third-order valence-electron chi connectivity index (χ3n) is 4.46. The van der Waals surface area contributed by atoms with Crippen LogP contribution >= 0.6 is 11.8 Å². The van der Waals surface area contributed by atoms with Crippen LogP contribution in [0.3, 0.4) is 0 Å². The minimum atomic E-state index is -3.94. The first-order valence-corrected chi connectivity index (χ1v) is 11.6. The maximum atomic E-state index is 13.2. The van der Waals surface area contributed by atoms with Crippen LogP contribution in [0.2, 0.25) is 0 Å². The molecule has 0 radical (unpaired) electrons. The summed E-state index contributed by atoms with van der Waals surface area (Å²) in [6, 6.07) is 4.96. The summed E-state index contributed by atoms with van der Waals surface area (Å²) < 4.78 is 32.3. The van der Waals surface area contributed by atoms with Crippen molar-refractivity contribution in [3.05, 3.63) is 24.3 Å². The molecule has 2 rings (SSSR count). The summed E-state index contributed by atoms with van der Waals surface area (Å²) in [7, 11) is -3.94. The van der Waals surface area contributed by atoms with Crippen LogP contribution in [-0.4, -0.2) is 60.1 Å². The first-order chi connectivity index (χ1) is 13.7. The number of sulfonamides is 1. The lowest BCUT2D eigenvalue weighted by Crippen LogP contribution is -2.61. The third-order valence-corrected chi connectivity index (χ3v) is 7.70. The average molecular weight is 442 g/mol. The summed E-state index contributed by atoms with van der Waals surface area (Å²) in [5.41, 5.74) is 6.99. The van der Waals surface area contributed by atoms with Crippen molar-refractivity contribution in [2.45, 2.75) is 42.4 Å². The molecule has 0 saturated carbocycles. The molecule has 8 nitrogen and oxygen atoms in total. The Kier molecular flexibility index (Phi) is 8.36. The van der Waals surface area contributed by atoms with E-state index in [1.54, 1.807) is 31.5 Å². The van der Waals surface area contributed by atoms with Gasteiger partial charge in [-0.2, -0.15) is 16.1 Å². The highest BCUT2D eigenvalue weighted by atomic mass is 32.2. The summed E-state index contributed by atoms with van der Waals surface area (Å²) in [4.78, 5) is 12.3. The Morgan fingerprint density at radius 2 is 2.07 bits per heavy atom. The van der Waals surface area contributed by atoms with E-state index in [0.717, 1.165) is 10.7 Å². The van der Waals surface area contributed by atoms with E-state index in [1.807, 2.05) is 0 Å². The number of carbonyl (C=O) groups is 1. The first-order valence-electron chi connectivity index (χ1n) is 9.22. The molecule has 10 heteroatoms. The molecule has 1 atom stereocenters. The summed E-state index contributed by atoms with van der Waals surface area (Å²) in [6.07, 6.45) is 1.55. The summed E-state index contributed by atoms with van der Waals surface area (Å²) in [6.45, 7) is 4.53. The second kappa shape index (κ2) is 10.3. The molecule has 1 aromatic carbocycles. The Hall–Kier alpha value is -1.77. The van der Waals surface area contributed by atoms with Crippen LogP contribution in [0.4, 0.5) is 0 Å². The van der Waals surface area contributed by atoms with Gasteiger partial charge in [0.1, 0.15) is 18.4 Å². The van der Waals surface area contributed by atoms with Crippen molar-refractivity contribution in [3.63, 3.8) is 0 Å². The molecule has 1 heterocycles. The van der Waals surface area contributed by atoms with Gasteiger partial charge < -0.3 is 10.5 Å². The minimum Gasteiger partial charge on any atom is -0.481 e. The van der Waals surface area contributed by atoms with Crippen LogP contribution in [0, 0.1) is 11.8 Å². The molecule has 1 saturated heterocycles. The number of hydroxylamine groups is 1. The van der Waals surface area contributed by atoms with Crippen molar-refractivity contribution < 1.29 is 23.2 Å². The average Bonchev–Trinajstić information content (AvgIpc) is 2.69. The van der Waals surface area contributed by atoms with Gasteiger partial charge in [0.25, 0.3) is 5.91 Å². The molecule has 1 fully saturated rings. The number of rotatable bonds is 7. The zero-order valence-electron chi connectivity index (χ0n) is 16.6. The molecular formula is C19H27N3O5S2. The van der Waals surface area contributed by atoms with Gasteiger partial charge in [-0.15, -0.1) is 0 Å². The number of thioether (sulfide) groups is 1. The fraction of sp³-hybridized carbons (Fsp3) is 0.526. The standard InChI is InChI=1S/C19H27N3O5S2/c1-19(2)17(18(23)21-24)22(12-14-28-19)29(25,26)16-9-7-15(8-10-16)27-13-6-4-3-5-11-20/h7-10,17,24H,3,5,11-14,20H2,1-2H3,(H,21,23)/t17-/m0/s1. The number of carbonyl (C=O) groups excluding carboxylic acids is 1. The van der Waals surface area contributed by atoms with Gasteiger partial charge in [-0.05, 0) is 51.1 Å². The lowest BCUT2D eigenvalue weighted by molar-refractivity contribution is -0.134. The molecular weight excluding hydrogens is 414 g/mol. The molecule has 0 aromatic heterocycles. The fourth-order valence-corrected chi connectivity index (χ4v) is 6.12. The van der Waals surface area contributed by atoms with E-state index < -0.39 is 26.7 Å². The van der Waals surface area contributed by atoms with E-state index in [1.165, 1.54) is 23.9 Å². The molecule has 0 unspecified atom stereocenters. The largest absolute Gasteiger partial charge is 0.481 e. The van der Waals surface area contributed by atoms with Gasteiger partial charge in [0.15, 0.2) is 0 Å². The summed E-state index contributed by atoms with van der Waals surface area (Å²) >= 11 is 1.49. The van der Waals surface area contributed by atoms with Gasteiger partial charge in [0, 0.05) is 23.5 Å². The van der Waals surface area contributed by atoms with Crippen molar-refractivity contribution >= 4 is 27.7 Å². The summed E-state index contributed by atoms with van der Waals surface area (Å²) in [5, 5.41) is 9.10. The van der Waals surface area contributed by atoms with Crippen LogP contribution in [0.25, 0.3) is 0 Å². The number of amides is 1. The second-order valence-corrected chi connectivity index (χ2v) is 10.6. The maximum absolute atomic E-state index is 13.2. The van der Waals surface area contributed by atoms with Crippen LogP contribution in [0.15, 0.2) is 29.2 Å². The van der Waals surface area contributed by atoms with E-state index in [-0.39, 0.29) is 18.0 Å². The molecule has 0 bridgehead atoms. The van der Waals surface area contributed by atoms with Gasteiger partial charge >= 0.3 is 0 Å². The number of hydrogen-bond donors (Lipinski definition) is 3. The number of hydrogen-bond acceptors (Lipinski definition) is 7. The number of ether oxygens (including phenoxy) is 1. The van der Waals surface area contributed by atoms with Crippen molar-refractivity contribution in [3.8, 4) is 17.6 Å². The molecule has 4 N–H and O–H groups in total. The Balaban J connectivity index is 2.15. The van der Waals surface area contributed by atoms with Crippen LogP contribution in [-0.2, 0) is 14.8 Å². The zero-order valence-corrected chi connectivity index (χ0v) is 18.2. The molecule has 1 aliphatic rings. The molecule has 160 valence electrons. The highest BCUT2D eigenvalue weighted by Gasteiger charge is 2.48. The predicted molar refractivity (Wildman–Crippen MR) is 112 cm³/mol. The zero-order chi connectivity index (χ0) is 21.5. The molecule has 1 aliphatic heterocycles. The summed E-state index contributed by atoms with van der Waals surface area (Å²) in [5.74, 6) is 6.11. The Labute approximate surface area is 176 Å². The first kappa shape index (κ1) is 23.5. The lowest BCUT2D eigenvalue weighted by Gasteiger charge is -2.43. The van der Waals surface area contributed by atoms with E-state index >= 15 is 0 Å². The van der Waals surface area contributed by atoms with Crippen molar-refractivity contribution in [2.24, 2.45) is 5.73 Å². The molecule has 1 aromatic rings. The van der Waals surface area contributed by atoms with E-state index in [9.17, 15) is 13.2 Å². The highest BCUT2D eigenvalue weighted by molar-refractivity contribution is 8.00. The van der Waals surface area contributed by atoms with Gasteiger partial charge in [0.05, 0.1) is 4.90 Å². The number of nitrogens with one attached hydrogen (secondary N) is 1. The number of nitrogens with two attached hydrogens (primary N) is 1. The quantitative estimate of drug-likeness (QED) is 0.251. The second-order valence-electron chi connectivity index (χ2n) is 6.95. The molecule has 0 spiro atoms. The van der Waals surface area contributed by atoms with Crippen LogP contribution in [0.1, 0.15) is 26.7 Å². The van der Waals surface area contributed by atoms with Crippen LogP contribution < -0.4 is 16.0 Å². The highest BCUT2D eigenvalue weighted by Crippen LogP contribution is 2.38. The van der Waals surface area contributed by atoms with E-state index in [4.69, 9.17) is 15.7 Å². The molecule has 1 amide bonds. The van der Waals surface area contributed by atoms with Crippen molar-refractivity contribution in [1.29, 1.82) is 0 Å².